The Bertz CT molecular complexity index is 253. The van der Waals surface area contributed by atoms with E-state index in [1.165, 1.54) is 65.0 Å². The van der Waals surface area contributed by atoms with E-state index in [0.29, 0.717) is 0 Å². The summed E-state index contributed by atoms with van der Waals surface area (Å²) < 4.78 is 0. The fraction of sp³-hybridized carbons (Fsp3) is 1.00. The van der Waals surface area contributed by atoms with Crippen molar-refractivity contribution in [3.8, 4) is 0 Å². The van der Waals surface area contributed by atoms with Crippen LogP contribution < -0.4 is 5.32 Å². The first-order valence-corrected chi connectivity index (χ1v) is 8.53. The standard InChI is InChI=1S/C16H34N4/c1-4-17-15-5-7-16(8-6-15)20-13-11-19(12-14-20)10-9-18(2)3/h15-17H,4-14H2,1-3H3. The van der Waals surface area contributed by atoms with E-state index in [-0.39, 0.29) is 0 Å². The van der Waals surface area contributed by atoms with Gasteiger partial charge < -0.3 is 10.2 Å². The molecule has 1 saturated heterocycles. The van der Waals surface area contributed by atoms with Crippen LogP contribution in [0.4, 0.5) is 0 Å². The van der Waals surface area contributed by atoms with Crippen molar-refractivity contribution in [1.29, 1.82) is 0 Å². The molecular formula is C16H34N4. The number of rotatable bonds is 6. The van der Waals surface area contributed by atoms with Crippen LogP contribution in [-0.2, 0) is 0 Å². The highest BCUT2D eigenvalue weighted by molar-refractivity contribution is 4.85. The number of nitrogens with one attached hydrogen (secondary N) is 1. The van der Waals surface area contributed by atoms with Gasteiger partial charge in [-0.2, -0.15) is 0 Å². The van der Waals surface area contributed by atoms with Gasteiger partial charge in [0.1, 0.15) is 0 Å². The zero-order valence-electron chi connectivity index (χ0n) is 13.8. The molecule has 0 aromatic carbocycles. The maximum atomic E-state index is 3.61. The number of piperazine rings is 1. The van der Waals surface area contributed by atoms with Gasteiger partial charge in [-0.15, -0.1) is 0 Å². The molecular weight excluding hydrogens is 248 g/mol. The molecule has 0 aromatic heterocycles. The molecule has 4 heteroatoms. The largest absolute Gasteiger partial charge is 0.314 e. The van der Waals surface area contributed by atoms with Crippen LogP contribution in [0.2, 0.25) is 0 Å². The third-order valence-electron chi connectivity index (χ3n) is 4.98. The molecule has 1 N–H and O–H groups in total. The maximum Gasteiger partial charge on any atom is 0.0113 e. The van der Waals surface area contributed by atoms with Crippen LogP contribution in [0.3, 0.4) is 0 Å². The zero-order chi connectivity index (χ0) is 14.4. The topological polar surface area (TPSA) is 21.8 Å². The Morgan fingerprint density at radius 2 is 1.65 bits per heavy atom. The summed E-state index contributed by atoms with van der Waals surface area (Å²) in [4.78, 5) is 7.67. The lowest BCUT2D eigenvalue weighted by molar-refractivity contribution is 0.0713. The molecule has 1 heterocycles. The van der Waals surface area contributed by atoms with E-state index >= 15 is 0 Å². The number of likely N-dealkylation sites (N-methyl/N-ethyl adjacent to an activating group) is 1. The molecule has 0 bridgehead atoms. The third kappa shape index (κ3) is 4.99. The molecule has 20 heavy (non-hydrogen) atoms. The van der Waals surface area contributed by atoms with E-state index in [2.05, 4.69) is 41.0 Å². The van der Waals surface area contributed by atoms with Crippen LogP contribution in [0.1, 0.15) is 32.6 Å². The van der Waals surface area contributed by atoms with Crippen molar-refractivity contribution in [1.82, 2.24) is 20.0 Å². The zero-order valence-corrected chi connectivity index (χ0v) is 13.8. The van der Waals surface area contributed by atoms with Crippen molar-refractivity contribution in [3.05, 3.63) is 0 Å². The van der Waals surface area contributed by atoms with Gasteiger partial charge in [0.05, 0.1) is 0 Å². The average Bonchev–Trinajstić information content (AvgIpc) is 2.47. The number of hydrogen-bond acceptors (Lipinski definition) is 4. The summed E-state index contributed by atoms with van der Waals surface area (Å²) in [6, 6.07) is 1.65. The SMILES string of the molecule is CCNC1CCC(N2CCN(CCN(C)C)CC2)CC1. The molecule has 4 nitrogen and oxygen atoms in total. The molecule has 1 saturated carbocycles. The Labute approximate surface area is 125 Å². The van der Waals surface area contributed by atoms with Gasteiger partial charge in [0, 0.05) is 51.4 Å². The van der Waals surface area contributed by atoms with Gasteiger partial charge in [-0.05, 0) is 46.3 Å². The van der Waals surface area contributed by atoms with Gasteiger partial charge in [0.2, 0.25) is 0 Å². The fourth-order valence-electron chi connectivity index (χ4n) is 3.63. The Morgan fingerprint density at radius 3 is 2.20 bits per heavy atom. The summed E-state index contributed by atoms with van der Waals surface area (Å²) in [7, 11) is 4.33. The minimum atomic E-state index is 0.789. The number of hydrogen-bond donors (Lipinski definition) is 1. The fourth-order valence-corrected chi connectivity index (χ4v) is 3.63. The quantitative estimate of drug-likeness (QED) is 0.787. The van der Waals surface area contributed by atoms with Crippen LogP contribution in [0, 0.1) is 0 Å². The molecule has 0 spiro atoms. The second-order valence-corrected chi connectivity index (χ2v) is 6.74. The van der Waals surface area contributed by atoms with Gasteiger partial charge in [-0.3, -0.25) is 9.80 Å². The first-order chi connectivity index (χ1) is 9.69. The normalized spacial score (nSPS) is 30.0. The van der Waals surface area contributed by atoms with Crippen molar-refractivity contribution in [3.63, 3.8) is 0 Å². The lowest BCUT2D eigenvalue weighted by Crippen LogP contribution is -2.52. The molecule has 1 aliphatic carbocycles. The van der Waals surface area contributed by atoms with Gasteiger partial charge in [-0.25, -0.2) is 0 Å². The van der Waals surface area contributed by atoms with Crippen molar-refractivity contribution in [2.75, 3.05) is 59.9 Å². The van der Waals surface area contributed by atoms with Crippen LogP contribution >= 0.6 is 0 Å². The molecule has 0 radical (unpaired) electrons. The highest BCUT2D eigenvalue weighted by Crippen LogP contribution is 2.24. The van der Waals surface area contributed by atoms with E-state index in [4.69, 9.17) is 0 Å². The highest BCUT2D eigenvalue weighted by Gasteiger charge is 2.27. The van der Waals surface area contributed by atoms with Crippen LogP contribution in [0.25, 0.3) is 0 Å². The minimum Gasteiger partial charge on any atom is -0.314 e. The summed E-state index contributed by atoms with van der Waals surface area (Å²) in [6.45, 7) is 10.9. The van der Waals surface area contributed by atoms with Gasteiger partial charge >= 0.3 is 0 Å². The Kier molecular flexibility index (Phi) is 6.75. The summed E-state index contributed by atoms with van der Waals surface area (Å²) >= 11 is 0. The second-order valence-electron chi connectivity index (χ2n) is 6.74. The third-order valence-corrected chi connectivity index (χ3v) is 4.98. The smallest absolute Gasteiger partial charge is 0.0113 e. The molecule has 2 fully saturated rings. The predicted octanol–water partition coefficient (Wildman–Crippen LogP) is 1.09. The Balaban J connectivity index is 1.64. The summed E-state index contributed by atoms with van der Waals surface area (Å²) in [5.41, 5.74) is 0. The van der Waals surface area contributed by atoms with E-state index in [1.54, 1.807) is 0 Å². The molecule has 118 valence electrons. The van der Waals surface area contributed by atoms with Crippen LogP contribution in [0.15, 0.2) is 0 Å². The van der Waals surface area contributed by atoms with Crippen molar-refractivity contribution >= 4 is 0 Å². The maximum absolute atomic E-state index is 3.61. The van der Waals surface area contributed by atoms with Crippen molar-refractivity contribution < 1.29 is 0 Å². The summed E-state index contributed by atoms with van der Waals surface area (Å²) in [5, 5.41) is 3.61. The van der Waals surface area contributed by atoms with Crippen LogP contribution in [0.5, 0.6) is 0 Å². The summed E-state index contributed by atoms with van der Waals surface area (Å²) in [6.07, 6.45) is 5.55. The summed E-state index contributed by atoms with van der Waals surface area (Å²) in [5.74, 6) is 0. The first-order valence-electron chi connectivity index (χ1n) is 8.53. The lowest BCUT2D eigenvalue weighted by atomic mass is 9.90. The molecule has 0 unspecified atom stereocenters. The Morgan fingerprint density at radius 1 is 1.00 bits per heavy atom. The van der Waals surface area contributed by atoms with Gasteiger partial charge in [0.25, 0.3) is 0 Å². The second kappa shape index (κ2) is 8.32. The molecule has 2 rings (SSSR count). The molecule has 1 aliphatic heterocycles. The van der Waals surface area contributed by atoms with E-state index in [1.807, 2.05) is 0 Å². The lowest BCUT2D eigenvalue weighted by Gasteiger charge is -2.42. The van der Waals surface area contributed by atoms with Crippen molar-refractivity contribution in [2.45, 2.75) is 44.7 Å². The van der Waals surface area contributed by atoms with E-state index < -0.39 is 0 Å². The van der Waals surface area contributed by atoms with Gasteiger partial charge in [0.15, 0.2) is 0 Å². The Hall–Kier alpha value is -0.160. The van der Waals surface area contributed by atoms with Gasteiger partial charge in [-0.1, -0.05) is 6.92 Å². The highest BCUT2D eigenvalue weighted by atomic mass is 15.3. The number of nitrogens with zero attached hydrogens (tertiary/aromatic N) is 3. The monoisotopic (exact) mass is 282 g/mol. The van der Waals surface area contributed by atoms with Crippen LogP contribution in [-0.4, -0.2) is 86.7 Å². The average molecular weight is 282 g/mol. The minimum absolute atomic E-state index is 0.789. The molecule has 0 amide bonds. The first kappa shape index (κ1) is 16.2. The molecule has 2 aliphatic rings. The van der Waals surface area contributed by atoms with E-state index in [0.717, 1.165) is 18.6 Å². The van der Waals surface area contributed by atoms with Crippen molar-refractivity contribution in [2.24, 2.45) is 0 Å². The molecule has 0 aromatic rings. The predicted molar refractivity (Wildman–Crippen MR) is 86.3 cm³/mol. The molecule has 0 atom stereocenters. The van der Waals surface area contributed by atoms with E-state index in [9.17, 15) is 0 Å².